The highest BCUT2D eigenvalue weighted by molar-refractivity contribution is 5.91. The van der Waals surface area contributed by atoms with Crippen LogP contribution in [0, 0.1) is 0 Å². The van der Waals surface area contributed by atoms with Gasteiger partial charge in [-0.25, -0.2) is 9.67 Å². The van der Waals surface area contributed by atoms with E-state index in [1.165, 1.54) is 18.1 Å². The van der Waals surface area contributed by atoms with Gasteiger partial charge in [-0.2, -0.15) is 10.1 Å². The van der Waals surface area contributed by atoms with Crippen LogP contribution in [0.5, 0.6) is 5.88 Å². The van der Waals surface area contributed by atoms with Gasteiger partial charge in [0.05, 0.1) is 6.61 Å². The minimum Gasteiger partial charge on any atom is -0.476 e. The van der Waals surface area contributed by atoms with Crippen LogP contribution in [-0.4, -0.2) is 39.3 Å². The first-order valence-corrected chi connectivity index (χ1v) is 5.68. The van der Waals surface area contributed by atoms with Gasteiger partial charge in [0.15, 0.2) is 11.5 Å². The number of aromatic nitrogens is 4. The van der Waals surface area contributed by atoms with E-state index in [9.17, 15) is 4.79 Å². The number of anilines is 1. The summed E-state index contributed by atoms with van der Waals surface area (Å²) in [6, 6.07) is 1.57. The molecule has 0 aliphatic heterocycles. The lowest BCUT2D eigenvalue weighted by molar-refractivity contribution is 0.0957. The van der Waals surface area contributed by atoms with Gasteiger partial charge in [0.2, 0.25) is 5.88 Å². The Morgan fingerprint density at radius 1 is 1.53 bits per heavy atom. The van der Waals surface area contributed by atoms with Gasteiger partial charge in [-0.15, -0.1) is 0 Å². The zero-order valence-electron chi connectivity index (χ0n) is 10.6. The van der Waals surface area contributed by atoms with Crippen LogP contribution in [-0.2, 0) is 0 Å². The van der Waals surface area contributed by atoms with Crippen LogP contribution < -0.4 is 15.8 Å². The SMILES string of the molecule is CCOc1ncnc(-n2ccc(C(=O)NC)n2)c1N. The fourth-order valence-electron chi connectivity index (χ4n) is 1.50. The van der Waals surface area contributed by atoms with Crippen LogP contribution in [0.3, 0.4) is 0 Å². The number of rotatable bonds is 4. The molecular formula is C11H14N6O2. The Kier molecular flexibility index (Phi) is 3.60. The number of nitrogens with one attached hydrogen (secondary N) is 1. The number of hydrogen-bond donors (Lipinski definition) is 2. The molecule has 8 nitrogen and oxygen atoms in total. The van der Waals surface area contributed by atoms with Crippen molar-refractivity contribution in [2.75, 3.05) is 19.4 Å². The molecule has 100 valence electrons. The molecule has 0 spiro atoms. The van der Waals surface area contributed by atoms with E-state index in [1.54, 1.807) is 12.3 Å². The van der Waals surface area contributed by atoms with E-state index in [4.69, 9.17) is 10.5 Å². The topological polar surface area (TPSA) is 108 Å². The van der Waals surface area contributed by atoms with Gasteiger partial charge in [-0.1, -0.05) is 0 Å². The summed E-state index contributed by atoms with van der Waals surface area (Å²) in [6.07, 6.45) is 2.93. The summed E-state index contributed by atoms with van der Waals surface area (Å²) < 4.78 is 6.68. The maximum atomic E-state index is 11.4. The molecule has 1 amide bonds. The molecule has 0 bridgehead atoms. The quantitative estimate of drug-likeness (QED) is 0.803. The summed E-state index contributed by atoms with van der Waals surface area (Å²) in [5, 5.41) is 6.58. The molecule has 0 saturated heterocycles. The molecule has 0 aliphatic rings. The van der Waals surface area contributed by atoms with E-state index in [-0.39, 0.29) is 17.3 Å². The summed E-state index contributed by atoms with van der Waals surface area (Å²) >= 11 is 0. The highest BCUT2D eigenvalue weighted by atomic mass is 16.5. The molecule has 0 atom stereocenters. The molecule has 3 N–H and O–H groups in total. The van der Waals surface area contributed by atoms with Gasteiger partial charge in [0.1, 0.15) is 12.0 Å². The van der Waals surface area contributed by atoms with E-state index in [2.05, 4.69) is 20.4 Å². The van der Waals surface area contributed by atoms with Gasteiger partial charge in [-0.05, 0) is 13.0 Å². The summed E-state index contributed by atoms with van der Waals surface area (Å²) in [4.78, 5) is 19.4. The molecule has 2 rings (SSSR count). The maximum absolute atomic E-state index is 11.4. The van der Waals surface area contributed by atoms with Crippen LogP contribution >= 0.6 is 0 Å². The maximum Gasteiger partial charge on any atom is 0.271 e. The molecular weight excluding hydrogens is 248 g/mol. The molecule has 0 unspecified atom stereocenters. The number of hydrogen-bond acceptors (Lipinski definition) is 6. The molecule has 0 aliphatic carbocycles. The Morgan fingerprint density at radius 3 is 3.00 bits per heavy atom. The lowest BCUT2D eigenvalue weighted by Crippen LogP contribution is -2.18. The van der Waals surface area contributed by atoms with Crippen LogP contribution in [0.15, 0.2) is 18.6 Å². The third-order valence-corrected chi connectivity index (χ3v) is 2.37. The Hall–Kier alpha value is -2.64. The molecule has 0 saturated carbocycles. The van der Waals surface area contributed by atoms with Crippen molar-refractivity contribution < 1.29 is 9.53 Å². The third-order valence-electron chi connectivity index (χ3n) is 2.37. The fraction of sp³-hybridized carbons (Fsp3) is 0.273. The minimum absolute atomic E-state index is 0.274. The van der Waals surface area contributed by atoms with Crippen molar-refractivity contribution in [1.82, 2.24) is 25.1 Å². The number of nitrogens with zero attached hydrogens (tertiary/aromatic N) is 4. The normalized spacial score (nSPS) is 10.2. The first kappa shape index (κ1) is 12.8. The second-order valence-electron chi connectivity index (χ2n) is 3.57. The standard InChI is InChI=1S/C11H14N6O2/c1-3-19-11-8(12)9(14-6-15-11)17-5-4-7(16-17)10(18)13-2/h4-6H,3,12H2,1-2H3,(H,13,18). The molecule has 0 aromatic carbocycles. The zero-order valence-corrected chi connectivity index (χ0v) is 10.6. The average molecular weight is 262 g/mol. The first-order valence-electron chi connectivity index (χ1n) is 5.68. The number of nitrogen functional groups attached to an aromatic ring is 1. The van der Waals surface area contributed by atoms with Crippen molar-refractivity contribution in [2.24, 2.45) is 0 Å². The number of carbonyl (C=O) groups is 1. The molecule has 19 heavy (non-hydrogen) atoms. The number of amides is 1. The monoisotopic (exact) mass is 262 g/mol. The number of nitrogens with two attached hydrogens (primary N) is 1. The van der Waals surface area contributed by atoms with Gasteiger partial charge >= 0.3 is 0 Å². The lowest BCUT2D eigenvalue weighted by atomic mass is 10.4. The van der Waals surface area contributed by atoms with Crippen molar-refractivity contribution in [3.63, 3.8) is 0 Å². The van der Waals surface area contributed by atoms with E-state index in [1.807, 2.05) is 6.92 Å². The summed E-state index contributed by atoms with van der Waals surface area (Å²) in [5.41, 5.74) is 6.46. The number of ether oxygens (including phenoxy) is 1. The van der Waals surface area contributed by atoms with Crippen molar-refractivity contribution in [1.29, 1.82) is 0 Å². The lowest BCUT2D eigenvalue weighted by Gasteiger charge is -2.08. The smallest absolute Gasteiger partial charge is 0.271 e. The van der Waals surface area contributed by atoms with Gasteiger partial charge in [0.25, 0.3) is 5.91 Å². The highest BCUT2D eigenvalue weighted by Crippen LogP contribution is 2.23. The fourth-order valence-corrected chi connectivity index (χ4v) is 1.50. The Bertz CT molecular complexity index is 595. The molecule has 2 heterocycles. The first-order chi connectivity index (χ1) is 9.17. The van der Waals surface area contributed by atoms with Gasteiger partial charge < -0.3 is 15.8 Å². The summed E-state index contributed by atoms with van der Waals surface area (Å²) in [6.45, 7) is 2.28. The van der Waals surface area contributed by atoms with E-state index < -0.39 is 0 Å². The van der Waals surface area contributed by atoms with Crippen molar-refractivity contribution in [3.05, 3.63) is 24.3 Å². The predicted molar refractivity (Wildman–Crippen MR) is 68.1 cm³/mol. The Labute approximate surface area is 109 Å². The minimum atomic E-state index is -0.281. The average Bonchev–Trinajstić information content (AvgIpc) is 2.90. The van der Waals surface area contributed by atoms with E-state index in [0.29, 0.717) is 18.3 Å². The van der Waals surface area contributed by atoms with E-state index in [0.717, 1.165) is 0 Å². The van der Waals surface area contributed by atoms with Gasteiger partial charge in [0, 0.05) is 13.2 Å². The largest absolute Gasteiger partial charge is 0.476 e. The predicted octanol–water partition coefficient (Wildman–Crippen LogP) is 0.00280. The second-order valence-corrected chi connectivity index (χ2v) is 3.57. The van der Waals surface area contributed by atoms with Crippen LogP contribution in [0.25, 0.3) is 5.82 Å². The molecule has 2 aromatic rings. The molecule has 0 radical (unpaired) electrons. The number of carbonyl (C=O) groups excluding carboxylic acids is 1. The second kappa shape index (κ2) is 5.34. The summed E-state index contributed by atoms with van der Waals surface area (Å²) in [7, 11) is 1.54. The Balaban J connectivity index is 2.39. The van der Waals surface area contributed by atoms with E-state index >= 15 is 0 Å². The molecule has 8 heteroatoms. The molecule has 2 aromatic heterocycles. The molecule has 0 fully saturated rings. The van der Waals surface area contributed by atoms with Crippen LogP contribution in [0.4, 0.5) is 5.69 Å². The summed E-state index contributed by atoms with van der Waals surface area (Å²) in [5.74, 6) is 0.384. The van der Waals surface area contributed by atoms with Crippen LogP contribution in [0.2, 0.25) is 0 Å². The van der Waals surface area contributed by atoms with Gasteiger partial charge in [-0.3, -0.25) is 4.79 Å². The Morgan fingerprint density at radius 2 is 2.32 bits per heavy atom. The zero-order chi connectivity index (χ0) is 13.8. The third kappa shape index (κ3) is 2.46. The van der Waals surface area contributed by atoms with Crippen molar-refractivity contribution >= 4 is 11.6 Å². The van der Waals surface area contributed by atoms with Crippen LogP contribution in [0.1, 0.15) is 17.4 Å². The highest BCUT2D eigenvalue weighted by Gasteiger charge is 2.14. The van der Waals surface area contributed by atoms with Crippen molar-refractivity contribution in [3.8, 4) is 11.7 Å². The van der Waals surface area contributed by atoms with Crippen molar-refractivity contribution in [2.45, 2.75) is 6.92 Å².